The van der Waals surface area contributed by atoms with Crippen LogP contribution in [0.3, 0.4) is 0 Å². The summed E-state index contributed by atoms with van der Waals surface area (Å²) in [4.78, 5) is 25.1. The van der Waals surface area contributed by atoms with Crippen LogP contribution < -0.4 is 0 Å². The number of aromatic nitrogens is 1. The van der Waals surface area contributed by atoms with E-state index in [2.05, 4.69) is 4.98 Å². The smallest absolute Gasteiger partial charge is 0.354 e. The topological polar surface area (TPSA) is 79.4 Å². The number of carboxylic acid groups (broad SMARTS) is 1. The Bertz CT molecular complexity index is 600. The number of carboxylic acids is 1. The Hall–Kier alpha value is -2.30. The van der Waals surface area contributed by atoms with E-state index in [0.29, 0.717) is 17.9 Å². The molecule has 0 fully saturated rings. The maximum absolute atomic E-state index is 11.5. The molecule has 1 aromatic carbocycles. The summed E-state index contributed by atoms with van der Waals surface area (Å²) in [7, 11) is 0. The molecular formula is C13H13NO4. The van der Waals surface area contributed by atoms with Crippen LogP contribution >= 0.6 is 0 Å². The van der Waals surface area contributed by atoms with E-state index in [9.17, 15) is 9.59 Å². The molecule has 2 aromatic rings. The zero-order chi connectivity index (χ0) is 13.1. The van der Waals surface area contributed by atoms with Gasteiger partial charge in [-0.25, -0.2) is 4.79 Å². The first-order valence-corrected chi connectivity index (χ1v) is 5.60. The van der Waals surface area contributed by atoms with Gasteiger partial charge in [0.2, 0.25) is 0 Å². The Kier molecular flexibility index (Phi) is 3.32. The number of carbonyl (C=O) groups excluding carboxylic acids is 1. The summed E-state index contributed by atoms with van der Waals surface area (Å²) in [5, 5.41) is 9.52. The molecule has 0 aliphatic carbocycles. The number of ether oxygens (including phenoxy) is 1. The predicted molar refractivity (Wildman–Crippen MR) is 65.6 cm³/mol. The standard InChI is InChI=1S/C13H13NO4/c1-2-18-13(17)11-7-9-5-8(6-12(15)16)3-4-10(9)14-11/h3-5,7,14H,2,6H2,1H3,(H,15,16). The van der Waals surface area contributed by atoms with Crippen LogP contribution in [0.15, 0.2) is 24.3 Å². The molecule has 0 aliphatic heterocycles. The molecule has 1 aromatic heterocycles. The highest BCUT2D eigenvalue weighted by Crippen LogP contribution is 2.18. The number of fused-ring (bicyclic) bond motifs is 1. The molecule has 18 heavy (non-hydrogen) atoms. The van der Waals surface area contributed by atoms with E-state index in [4.69, 9.17) is 9.84 Å². The number of nitrogens with one attached hydrogen (secondary N) is 1. The van der Waals surface area contributed by atoms with Crippen LogP contribution in [0.25, 0.3) is 10.9 Å². The lowest BCUT2D eigenvalue weighted by Gasteiger charge is -1.96. The fourth-order valence-corrected chi connectivity index (χ4v) is 1.79. The van der Waals surface area contributed by atoms with Crippen molar-refractivity contribution in [3.8, 4) is 0 Å². The number of carbonyl (C=O) groups is 2. The van der Waals surface area contributed by atoms with E-state index in [1.807, 2.05) is 0 Å². The zero-order valence-electron chi connectivity index (χ0n) is 9.90. The van der Waals surface area contributed by atoms with E-state index in [1.54, 1.807) is 31.2 Å². The summed E-state index contributed by atoms with van der Waals surface area (Å²) in [6.07, 6.45) is -0.0319. The largest absolute Gasteiger partial charge is 0.481 e. The van der Waals surface area contributed by atoms with E-state index in [0.717, 1.165) is 10.9 Å². The van der Waals surface area contributed by atoms with Gasteiger partial charge < -0.3 is 14.8 Å². The Morgan fingerprint density at radius 1 is 1.33 bits per heavy atom. The van der Waals surface area contributed by atoms with Crippen molar-refractivity contribution >= 4 is 22.8 Å². The highest BCUT2D eigenvalue weighted by atomic mass is 16.5. The van der Waals surface area contributed by atoms with Gasteiger partial charge in [0.25, 0.3) is 0 Å². The molecule has 0 radical (unpaired) electrons. The molecular weight excluding hydrogens is 234 g/mol. The van der Waals surface area contributed by atoms with Gasteiger partial charge in [0, 0.05) is 10.9 Å². The number of aromatic amines is 1. The third-order valence-corrected chi connectivity index (χ3v) is 2.54. The Labute approximate surface area is 103 Å². The second-order valence-corrected chi connectivity index (χ2v) is 3.90. The van der Waals surface area contributed by atoms with Gasteiger partial charge in [-0.3, -0.25) is 4.79 Å². The summed E-state index contributed by atoms with van der Waals surface area (Å²) in [5.41, 5.74) is 1.86. The normalized spacial score (nSPS) is 10.5. The molecule has 0 spiro atoms. The number of esters is 1. The number of rotatable bonds is 4. The first-order valence-electron chi connectivity index (χ1n) is 5.60. The van der Waals surface area contributed by atoms with Crippen molar-refractivity contribution in [3.63, 3.8) is 0 Å². The van der Waals surface area contributed by atoms with E-state index in [1.165, 1.54) is 0 Å². The zero-order valence-corrected chi connectivity index (χ0v) is 9.90. The van der Waals surface area contributed by atoms with Crippen LogP contribution in [0.4, 0.5) is 0 Å². The van der Waals surface area contributed by atoms with Crippen molar-refractivity contribution in [2.75, 3.05) is 6.61 Å². The number of H-pyrrole nitrogens is 1. The van der Waals surface area contributed by atoms with Gasteiger partial charge in [-0.05, 0) is 30.7 Å². The summed E-state index contributed by atoms with van der Waals surface area (Å²) in [6.45, 7) is 2.06. The molecule has 0 atom stereocenters. The molecule has 0 bridgehead atoms. The average Bonchev–Trinajstić information content (AvgIpc) is 2.71. The molecule has 0 amide bonds. The molecule has 1 heterocycles. The van der Waals surface area contributed by atoms with Gasteiger partial charge in [0.05, 0.1) is 13.0 Å². The number of hydrogen-bond donors (Lipinski definition) is 2. The minimum Gasteiger partial charge on any atom is -0.481 e. The van der Waals surface area contributed by atoms with Gasteiger partial charge in [-0.2, -0.15) is 0 Å². The van der Waals surface area contributed by atoms with Crippen LogP contribution in [0.5, 0.6) is 0 Å². The second-order valence-electron chi connectivity index (χ2n) is 3.90. The monoisotopic (exact) mass is 247 g/mol. The van der Waals surface area contributed by atoms with E-state index < -0.39 is 11.9 Å². The fraction of sp³-hybridized carbons (Fsp3) is 0.231. The van der Waals surface area contributed by atoms with Crippen molar-refractivity contribution in [3.05, 3.63) is 35.5 Å². The lowest BCUT2D eigenvalue weighted by Crippen LogP contribution is -2.04. The van der Waals surface area contributed by atoms with Crippen molar-refractivity contribution in [1.82, 2.24) is 4.98 Å². The number of benzene rings is 1. The SMILES string of the molecule is CCOC(=O)c1cc2cc(CC(=O)O)ccc2[nH]1. The lowest BCUT2D eigenvalue weighted by atomic mass is 10.1. The first-order chi connectivity index (χ1) is 8.60. The predicted octanol–water partition coefficient (Wildman–Crippen LogP) is 1.97. The van der Waals surface area contributed by atoms with Crippen LogP contribution in [0, 0.1) is 0 Å². The maximum atomic E-state index is 11.5. The number of aliphatic carboxylic acids is 1. The summed E-state index contributed by atoms with van der Waals surface area (Å²) in [6, 6.07) is 6.90. The van der Waals surface area contributed by atoms with Gasteiger partial charge in [0.1, 0.15) is 5.69 Å². The highest BCUT2D eigenvalue weighted by Gasteiger charge is 2.10. The van der Waals surface area contributed by atoms with Crippen molar-refractivity contribution < 1.29 is 19.4 Å². The van der Waals surface area contributed by atoms with Crippen LogP contribution in [0.2, 0.25) is 0 Å². The van der Waals surface area contributed by atoms with Crippen LogP contribution in [-0.2, 0) is 16.0 Å². The first kappa shape index (κ1) is 12.2. The lowest BCUT2D eigenvalue weighted by molar-refractivity contribution is -0.136. The van der Waals surface area contributed by atoms with Crippen molar-refractivity contribution in [1.29, 1.82) is 0 Å². The second kappa shape index (κ2) is 4.91. The minimum absolute atomic E-state index is 0.0319. The third kappa shape index (κ3) is 2.51. The van der Waals surface area contributed by atoms with Crippen LogP contribution in [-0.4, -0.2) is 28.6 Å². The third-order valence-electron chi connectivity index (χ3n) is 2.54. The highest BCUT2D eigenvalue weighted by molar-refractivity contribution is 5.95. The van der Waals surface area contributed by atoms with Gasteiger partial charge in [-0.15, -0.1) is 0 Å². The van der Waals surface area contributed by atoms with Crippen LogP contribution in [0.1, 0.15) is 23.0 Å². The van der Waals surface area contributed by atoms with Gasteiger partial charge in [-0.1, -0.05) is 6.07 Å². The quantitative estimate of drug-likeness (QED) is 0.809. The summed E-state index contributed by atoms with van der Waals surface area (Å²) < 4.78 is 4.89. The maximum Gasteiger partial charge on any atom is 0.354 e. The molecule has 5 heteroatoms. The van der Waals surface area contributed by atoms with E-state index in [-0.39, 0.29) is 6.42 Å². The Morgan fingerprint density at radius 3 is 2.78 bits per heavy atom. The van der Waals surface area contributed by atoms with E-state index >= 15 is 0 Å². The van der Waals surface area contributed by atoms with Gasteiger partial charge >= 0.3 is 11.9 Å². The van der Waals surface area contributed by atoms with Crippen molar-refractivity contribution in [2.24, 2.45) is 0 Å². The molecule has 0 saturated heterocycles. The van der Waals surface area contributed by atoms with Gasteiger partial charge in [0.15, 0.2) is 0 Å². The minimum atomic E-state index is -0.879. The molecule has 2 N–H and O–H groups in total. The molecule has 0 saturated carbocycles. The molecule has 94 valence electrons. The number of hydrogen-bond acceptors (Lipinski definition) is 3. The Balaban J connectivity index is 2.33. The summed E-state index contributed by atoms with van der Waals surface area (Å²) >= 11 is 0. The fourth-order valence-electron chi connectivity index (χ4n) is 1.79. The Morgan fingerprint density at radius 2 is 2.11 bits per heavy atom. The molecule has 2 rings (SSSR count). The molecule has 0 unspecified atom stereocenters. The molecule has 5 nitrogen and oxygen atoms in total. The average molecular weight is 247 g/mol. The molecule has 0 aliphatic rings. The van der Waals surface area contributed by atoms with Crippen molar-refractivity contribution in [2.45, 2.75) is 13.3 Å². The summed E-state index contributed by atoms with van der Waals surface area (Å²) in [5.74, 6) is -1.29.